The highest BCUT2D eigenvalue weighted by Gasteiger charge is 2.31. The second-order valence-electron chi connectivity index (χ2n) is 8.73. The lowest BCUT2D eigenvalue weighted by atomic mass is 10.0. The van der Waals surface area contributed by atoms with Gasteiger partial charge in [-0.05, 0) is 24.6 Å². The molecule has 0 atom stereocenters. The molecule has 6 rings (SSSR count). The number of nitrogens with zero attached hydrogens (tertiary/aromatic N) is 5. The van der Waals surface area contributed by atoms with Gasteiger partial charge in [0.2, 0.25) is 0 Å². The molecule has 10 heteroatoms. The number of thiophene rings is 1. The minimum atomic E-state index is -0.155. The molecule has 0 saturated carbocycles. The predicted octanol–water partition coefficient (Wildman–Crippen LogP) is 6.59. The SMILES string of the molecule is Cc1onc(-c2c(Cl)cccc2Cl)c1C(=O)N1CCN(c2ncnc3scc(-c4ccccc4)c23)CC1. The Bertz CT molecular complexity index is 1590. The molecule has 4 heterocycles. The summed E-state index contributed by atoms with van der Waals surface area (Å²) in [5.74, 6) is 1.17. The first-order valence-electron chi connectivity index (χ1n) is 11.8. The van der Waals surface area contributed by atoms with E-state index in [1.165, 1.54) is 0 Å². The summed E-state index contributed by atoms with van der Waals surface area (Å²) < 4.78 is 5.42. The fourth-order valence-corrected chi connectivity index (χ4v) is 6.21. The molecule has 5 aromatic rings. The van der Waals surface area contributed by atoms with E-state index < -0.39 is 0 Å². The average molecular weight is 550 g/mol. The predicted molar refractivity (Wildman–Crippen MR) is 148 cm³/mol. The number of carbonyl (C=O) groups excluding carboxylic acids is 1. The zero-order valence-corrected chi connectivity index (χ0v) is 22.1. The van der Waals surface area contributed by atoms with Gasteiger partial charge in [0.05, 0.1) is 15.4 Å². The third-order valence-corrected chi connectivity index (χ3v) is 8.09. The molecule has 1 aliphatic heterocycles. The van der Waals surface area contributed by atoms with Gasteiger partial charge in [-0.3, -0.25) is 4.79 Å². The average Bonchev–Trinajstić information content (AvgIpc) is 3.52. The van der Waals surface area contributed by atoms with Crippen LogP contribution in [0.15, 0.2) is 64.8 Å². The first-order valence-corrected chi connectivity index (χ1v) is 13.4. The third-order valence-electron chi connectivity index (χ3n) is 6.58. The van der Waals surface area contributed by atoms with E-state index in [9.17, 15) is 4.79 Å². The minimum Gasteiger partial charge on any atom is -0.360 e. The Labute approximate surface area is 227 Å². The molecule has 0 bridgehead atoms. The quantitative estimate of drug-likeness (QED) is 0.251. The van der Waals surface area contributed by atoms with Crippen molar-refractivity contribution in [3.05, 3.63) is 81.6 Å². The number of rotatable bonds is 4. The second-order valence-corrected chi connectivity index (χ2v) is 10.4. The monoisotopic (exact) mass is 549 g/mol. The van der Waals surface area contributed by atoms with Crippen molar-refractivity contribution in [1.82, 2.24) is 20.0 Å². The standard InChI is InChI=1S/C27H21Cl2N5O2S/c1-16-21(24(32-36-16)23-19(28)8-5-9-20(23)29)27(35)34-12-10-33(11-13-34)25-22-18(17-6-3-2-4-7-17)14-37-26(22)31-15-30-25/h2-9,14-15H,10-13H2,1H3. The van der Waals surface area contributed by atoms with Crippen LogP contribution in [-0.4, -0.2) is 52.1 Å². The molecule has 0 unspecified atom stereocenters. The molecule has 2 aromatic carbocycles. The van der Waals surface area contributed by atoms with Gasteiger partial charge < -0.3 is 14.3 Å². The molecule has 0 N–H and O–H groups in total. The van der Waals surface area contributed by atoms with Gasteiger partial charge in [-0.2, -0.15) is 0 Å². The molecule has 186 valence electrons. The van der Waals surface area contributed by atoms with Crippen molar-refractivity contribution in [1.29, 1.82) is 0 Å². The number of fused-ring (bicyclic) bond motifs is 1. The van der Waals surface area contributed by atoms with Crippen molar-refractivity contribution >= 4 is 56.5 Å². The van der Waals surface area contributed by atoms with E-state index in [4.69, 9.17) is 27.7 Å². The highest BCUT2D eigenvalue weighted by molar-refractivity contribution is 7.17. The Balaban J connectivity index is 1.27. The maximum atomic E-state index is 13.6. The van der Waals surface area contributed by atoms with Crippen LogP contribution in [0.3, 0.4) is 0 Å². The van der Waals surface area contributed by atoms with Crippen molar-refractivity contribution < 1.29 is 9.32 Å². The van der Waals surface area contributed by atoms with Gasteiger partial charge in [0.15, 0.2) is 0 Å². The van der Waals surface area contributed by atoms with Crippen LogP contribution in [-0.2, 0) is 0 Å². The summed E-state index contributed by atoms with van der Waals surface area (Å²) in [6, 6.07) is 15.5. The lowest BCUT2D eigenvalue weighted by Gasteiger charge is -2.35. The summed E-state index contributed by atoms with van der Waals surface area (Å²) in [5.41, 5.74) is 3.50. The number of aromatic nitrogens is 3. The number of halogens is 2. The van der Waals surface area contributed by atoms with Crippen LogP contribution in [0, 0.1) is 6.92 Å². The van der Waals surface area contributed by atoms with Crippen molar-refractivity contribution in [2.24, 2.45) is 0 Å². The maximum absolute atomic E-state index is 13.6. The molecule has 0 aliphatic carbocycles. The molecule has 37 heavy (non-hydrogen) atoms. The van der Waals surface area contributed by atoms with Gasteiger partial charge in [0.1, 0.15) is 34.0 Å². The van der Waals surface area contributed by atoms with E-state index in [0.29, 0.717) is 58.8 Å². The van der Waals surface area contributed by atoms with Crippen molar-refractivity contribution in [3.63, 3.8) is 0 Å². The molecule has 1 saturated heterocycles. The first kappa shape index (κ1) is 23.9. The number of amides is 1. The lowest BCUT2D eigenvalue weighted by molar-refractivity contribution is 0.0745. The van der Waals surface area contributed by atoms with E-state index in [2.05, 4.69) is 37.5 Å². The second kappa shape index (κ2) is 9.78. The van der Waals surface area contributed by atoms with E-state index >= 15 is 0 Å². The van der Waals surface area contributed by atoms with E-state index in [-0.39, 0.29) is 5.91 Å². The topological polar surface area (TPSA) is 75.4 Å². The van der Waals surface area contributed by atoms with E-state index in [0.717, 1.165) is 27.2 Å². The highest BCUT2D eigenvalue weighted by Crippen LogP contribution is 2.39. The molecule has 1 aliphatic rings. The van der Waals surface area contributed by atoms with Crippen LogP contribution in [0.4, 0.5) is 5.82 Å². The zero-order valence-electron chi connectivity index (χ0n) is 19.8. The van der Waals surface area contributed by atoms with E-state index in [1.54, 1.807) is 42.8 Å². The summed E-state index contributed by atoms with van der Waals surface area (Å²) in [4.78, 5) is 27.8. The number of hydrogen-bond donors (Lipinski definition) is 0. The van der Waals surface area contributed by atoms with Gasteiger partial charge in [0, 0.05) is 42.7 Å². The molecule has 0 radical (unpaired) electrons. The summed E-state index contributed by atoms with van der Waals surface area (Å²) in [5, 5.41) is 8.14. The van der Waals surface area contributed by atoms with Crippen molar-refractivity contribution in [2.75, 3.05) is 31.1 Å². The molecule has 0 spiro atoms. The zero-order chi connectivity index (χ0) is 25.5. The molecule has 3 aromatic heterocycles. The fourth-order valence-electron chi connectivity index (χ4n) is 4.73. The largest absolute Gasteiger partial charge is 0.360 e. The minimum absolute atomic E-state index is 0.155. The normalized spacial score (nSPS) is 13.9. The van der Waals surface area contributed by atoms with Crippen molar-refractivity contribution in [3.8, 4) is 22.4 Å². The van der Waals surface area contributed by atoms with Crippen LogP contribution in [0.1, 0.15) is 16.1 Å². The van der Waals surface area contributed by atoms with Crippen LogP contribution >= 0.6 is 34.5 Å². The molecular weight excluding hydrogens is 529 g/mol. The maximum Gasteiger partial charge on any atom is 0.259 e. The van der Waals surface area contributed by atoms with Crippen molar-refractivity contribution in [2.45, 2.75) is 6.92 Å². The van der Waals surface area contributed by atoms with Gasteiger partial charge in [0.25, 0.3) is 5.91 Å². The van der Waals surface area contributed by atoms with Gasteiger partial charge >= 0.3 is 0 Å². The van der Waals surface area contributed by atoms with E-state index in [1.807, 2.05) is 23.1 Å². The Morgan fingerprint density at radius 2 is 1.70 bits per heavy atom. The number of anilines is 1. The summed E-state index contributed by atoms with van der Waals surface area (Å²) in [6.45, 7) is 4.04. The molecular formula is C27H21Cl2N5O2S. The Kier molecular flexibility index (Phi) is 6.32. The van der Waals surface area contributed by atoms with Gasteiger partial charge in [-0.1, -0.05) is 64.8 Å². The third kappa shape index (κ3) is 4.25. The molecule has 1 fully saturated rings. The van der Waals surface area contributed by atoms with Gasteiger partial charge in [-0.15, -0.1) is 11.3 Å². The summed E-state index contributed by atoms with van der Waals surface area (Å²) in [7, 11) is 0. The van der Waals surface area contributed by atoms with Gasteiger partial charge in [-0.25, -0.2) is 9.97 Å². The Hall–Kier alpha value is -3.46. The van der Waals surface area contributed by atoms with Crippen LogP contribution < -0.4 is 4.90 Å². The first-order chi connectivity index (χ1) is 18.0. The lowest BCUT2D eigenvalue weighted by Crippen LogP contribution is -2.49. The Morgan fingerprint density at radius 3 is 2.43 bits per heavy atom. The highest BCUT2D eigenvalue weighted by atomic mass is 35.5. The number of aryl methyl sites for hydroxylation is 1. The number of hydrogen-bond acceptors (Lipinski definition) is 7. The Morgan fingerprint density at radius 1 is 0.973 bits per heavy atom. The van der Waals surface area contributed by atoms with Crippen LogP contribution in [0.2, 0.25) is 10.0 Å². The summed E-state index contributed by atoms with van der Waals surface area (Å²) >= 11 is 14.4. The smallest absolute Gasteiger partial charge is 0.259 e. The molecule has 1 amide bonds. The number of benzene rings is 2. The number of carbonyl (C=O) groups is 1. The summed E-state index contributed by atoms with van der Waals surface area (Å²) in [6.07, 6.45) is 1.61. The number of piperazine rings is 1. The van der Waals surface area contributed by atoms with Crippen LogP contribution in [0.5, 0.6) is 0 Å². The molecule has 7 nitrogen and oxygen atoms in total. The van der Waals surface area contributed by atoms with Crippen LogP contribution in [0.25, 0.3) is 32.6 Å². The fraction of sp³-hybridized carbons (Fsp3) is 0.185.